The fourth-order valence-electron chi connectivity index (χ4n) is 2.43. The average Bonchev–Trinajstić information content (AvgIpc) is 2.31. The summed E-state index contributed by atoms with van der Waals surface area (Å²) in [5.74, 6) is 0.212. The van der Waals surface area contributed by atoms with Crippen molar-refractivity contribution >= 4 is 0 Å². The van der Waals surface area contributed by atoms with Gasteiger partial charge in [-0.3, -0.25) is 4.90 Å². The van der Waals surface area contributed by atoms with Gasteiger partial charge in [-0.15, -0.1) is 0 Å². The van der Waals surface area contributed by atoms with E-state index in [4.69, 9.17) is 9.84 Å². The highest BCUT2D eigenvalue weighted by Gasteiger charge is 2.27. The van der Waals surface area contributed by atoms with Gasteiger partial charge in [-0.05, 0) is 13.0 Å². The van der Waals surface area contributed by atoms with E-state index >= 15 is 0 Å². The summed E-state index contributed by atoms with van der Waals surface area (Å²) in [4.78, 5) is 1.62. The third-order valence-corrected chi connectivity index (χ3v) is 3.25. The minimum Gasteiger partial charge on any atom is -0.395 e. The molecule has 1 aliphatic heterocycles. The number of alkyl halides is 2. The van der Waals surface area contributed by atoms with Crippen LogP contribution in [-0.4, -0.2) is 68.5 Å². The predicted molar refractivity (Wildman–Crippen MR) is 65.9 cm³/mol. The summed E-state index contributed by atoms with van der Waals surface area (Å²) in [5, 5.41) is 12.3. The maximum absolute atomic E-state index is 12.4. The lowest BCUT2D eigenvalue weighted by Gasteiger charge is -2.35. The maximum Gasteiger partial charge on any atom is 0.251 e. The van der Waals surface area contributed by atoms with Crippen LogP contribution in [0.3, 0.4) is 0 Å². The van der Waals surface area contributed by atoms with E-state index in [1.54, 1.807) is 4.90 Å². The summed E-state index contributed by atoms with van der Waals surface area (Å²) in [5.41, 5.74) is 0. The lowest BCUT2D eigenvalue weighted by molar-refractivity contribution is 0.00306. The number of aliphatic hydroxyl groups is 1. The van der Waals surface area contributed by atoms with Crippen LogP contribution in [0.5, 0.6) is 0 Å². The summed E-state index contributed by atoms with van der Waals surface area (Å²) in [6.45, 7) is 4.70. The molecule has 1 rings (SSSR count). The van der Waals surface area contributed by atoms with Crippen LogP contribution in [0.4, 0.5) is 8.78 Å². The largest absolute Gasteiger partial charge is 0.395 e. The van der Waals surface area contributed by atoms with Crippen LogP contribution in [0.2, 0.25) is 0 Å². The molecule has 0 bridgehead atoms. The Morgan fingerprint density at radius 1 is 1.50 bits per heavy atom. The van der Waals surface area contributed by atoms with Gasteiger partial charge in [-0.25, -0.2) is 8.78 Å². The Labute approximate surface area is 107 Å². The van der Waals surface area contributed by atoms with E-state index in [2.05, 4.69) is 5.32 Å². The quantitative estimate of drug-likeness (QED) is 0.674. The van der Waals surface area contributed by atoms with Crippen LogP contribution in [0.25, 0.3) is 0 Å². The van der Waals surface area contributed by atoms with E-state index in [9.17, 15) is 8.78 Å². The molecule has 1 fully saturated rings. The Bertz CT molecular complexity index is 218. The van der Waals surface area contributed by atoms with E-state index in [1.165, 1.54) is 0 Å². The van der Waals surface area contributed by atoms with Crippen molar-refractivity contribution in [2.45, 2.75) is 25.8 Å². The van der Waals surface area contributed by atoms with Crippen molar-refractivity contribution in [3.63, 3.8) is 0 Å². The Kier molecular flexibility index (Phi) is 7.65. The second-order valence-electron chi connectivity index (χ2n) is 4.66. The van der Waals surface area contributed by atoms with Gasteiger partial charge >= 0.3 is 0 Å². The minimum absolute atomic E-state index is 0.0911. The molecule has 0 spiro atoms. The minimum atomic E-state index is -2.36. The van der Waals surface area contributed by atoms with Crippen molar-refractivity contribution in [2.24, 2.45) is 5.92 Å². The van der Waals surface area contributed by atoms with Crippen molar-refractivity contribution in [3.8, 4) is 0 Å². The summed E-state index contributed by atoms with van der Waals surface area (Å²) in [7, 11) is 0. The normalized spacial score (nSPS) is 25.0. The Balaban J connectivity index is 2.47. The standard InChI is InChI=1S/C12H24F2N2O2/c1-2-15-11-3-6-18-9-10(11)7-16(4-5-17)8-12(13)14/h10-12,15,17H,2-9H2,1H3. The molecule has 108 valence electrons. The third kappa shape index (κ3) is 5.56. The summed E-state index contributed by atoms with van der Waals surface area (Å²) < 4.78 is 30.3. The number of hydrogen-bond acceptors (Lipinski definition) is 4. The fourth-order valence-corrected chi connectivity index (χ4v) is 2.43. The Morgan fingerprint density at radius 3 is 2.89 bits per heavy atom. The first-order valence-corrected chi connectivity index (χ1v) is 6.59. The molecule has 0 saturated carbocycles. The molecular formula is C12H24F2N2O2. The number of ether oxygens (including phenoxy) is 1. The lowest BCUT2D eigenvalue weighted by atomic mass is 9.95. The Hall–Kier alpha value is -0.300. The summed E-state index contributed by atoms with van der Waals surface area (Å²) in [6, 6.07) is 0.322. The predicted octanol–water partition coefficient (Wildman–Crippen LogP) is 0.560. The molecule has 0 amide bonds. The van der Waals surface area contributed by atoms with Crippen molar-refractivity contribution < 1.29 is 18.6 Å². The molecule has 1 heterocycles. The van der Waals surface area contributed by atoms with Gasteiger partial charge in [0, 0.05) is 31.7 Å². The number of nitrogens with zero attached hydrogens (tertiary/aromatic N) is 1. The molecule has 0 aromatic carbocycles. The summed E-state index contributed by atoms with van der Waals surface area (Å²) >= 11 is 0. The van der Waals surface area contributed by atoms with Crippen LogP contribution in [0.15, 0.2) is 0 Å². The first-order valence-electron chi connectivity index (χ1n) is 6.59. The van der Waals surface area contributed by atoms with E-state index in [-0.39, 0.29) is 19.1 Å². The van der Waals surface area contributed by atoms with Gasteiger partial charge in [0.1, 0.15) is 0 Å². The number of rotatable bonds is 8. The molecular weight excluding hydrogens is 242 g/mol. The lowest BCUT2D eigenvalue weighted by Crippen LogP contribution is -2.48. The van der Waals surface area contributed by atoms with Crippen LogP contribution in [-0.2, 0) is 4.74 Å². The highest BCUT2D eigenvalue weighted by atomic mass is 19.3. The number of aliphatic hydroxyl groups excluding tert-OH is 1. The van der Waals surface area contributed by atoms with E-state index < -0.39 is 6.43 Å². The summed E-state index contributed by atoms with van der Waals surface area (Å²) in [6.07, 6.45) is -1.45. The molecule has 2 atom stereocenters. The Morgan fingerprint density at radius 2 is 2.28 bits per heavy atom. The smallest absolute Gasteiger partial charge is 0.251 e. The van der Waals surface area contributed by atoms with Gasteiger partial charge in [0.25, 0.3) is 6.43 Å². The molecule has 2 N–H and O–H groups in total. The highest BCUT2D eigenvalue weighted by molar-refractivity contribution is 4.82. The van der Waals surface area contributed by atoms with E-state index in [0.717, 1.165) is 19.6 Å². The van der Waals surface area contributed by atoms with Crippen LogP contribution in [0.1, 0.15) is 13.3 Å². The van der Waals surface area contributed by atoms with E-state index in [1.807, 2.05) is 6.92 Å². The SMILES string of the molecule is CCNC1CCOCC1CN(CCO)CC(F)F. The first kappa shape index (κ1) is 15.8. The van der Waals surface area contributed by atoms with Crippen molar-refractivity contribution in [2.75, 3.05) is 46.0 Å². The maximum atomic E-state index is 12.4. The molecule has 0 aromatic rings. The van der Waals surface area contributed by atoms with Crippen LogP contribution >= 0.6 is 0 Å². The zero-order valence-electron chi connectivity index (χ0n) is 10.9. The van der Waals surface area contributed by atoms with Gasteiger partial charge in [0.2, 0.25) is 0 Å². The topological polar surface area (TPSA) is 44.7 Å². The second-order valence-corrected chi connectivity index (χ2v) is 4.66. The fraction of sp³-hybridized carbons (Fsp3) is 1.00. The molecule has 2 unspecified atom stereocenters. The van der Waals surface area contributed by atoms with Crippen LogP contribution < -0.4 is 5.32 Å². The molecule has 0 aromatic heterocycles. The zero-order valence-corrected chi connectivity index (χ0v) is 10.9. The second kappa shape index (κ2) is 8.74. The van der Waals surface area contributed by atoms with Gasteiger partial charge in [-0.1, -0.05) is 6.92 Å². The highest BCUT2D eigenvalue weighted by Crippen LogP contribution is 2.16. The zero-order chi connectivity index (χ0) is 13.4. The molecule has 1 saturated heterocycles. The third-order valence-electron chi connectivity index (χ3n) is 3.25. The molecule has 6 heteroatoms. The van der Waals surface area contributed by atoms with Gasteiger partial charge in [0.05, 0.1) is 19.8 Å². The van der Waals surface area contributed by atoms with E-state index in [0.29, 0.717) is 25.7 Å². The van der Waals surface area contributed by atoms with Crippen molar-refractivity contribution in [1.29, 1.82) is 0 Å². The molecule has 18 heavy (non-hydrogen) atoms. The van der Waals surface area contributed by atoms with Crippen molar-refractivity contribution in [1.82, 2.24) is 10.2 Å². The van der Waals surface area contributed by atoms with Gasteiger partial charge in [-0.2, -0.15) is 0 Å². The molecule has 4 nitrogen and oxygen atoms in total. The average molecular weight is 266 g/mol. The number of halogens is 2. The molecule has 0 aliphatic carbocycles. The number of nitrogens with one attached hydrogen (secondary N) is 1. The number of hydrogen-bond donors (Lipinski definition) is 2. The molecule has 0 radical (unpaired) electrons. The molecule has 1 aliphatic rings. The van der Waals surface area contributed by atoms with Gasteiger partial charge in [0.15, 0.2) is 0 Å². The first-order chi connectivity index (χ1) is 8.67. The van der Waals surface area contributed by atoms with Crippen LogP contribution in [0, 0.1) is 5.92 Å². The monoisotopic (exact) mass is 266 g/mol. The van der Waals surface area contributed by atoms with Crippen molar-refractivity contribution in [3.05, 3.63) is 0 Å². The van der Waals surface area contributed by atoms with Gasteiger partial charge < -0.3 is 15.2 Å².